The first-order chi connectivity index (χ1) is 7.39. The van der Waals surface area contributed by atoms with Gasteiger partial charge in [0.05, 0.1) is 5.92 Å². The topological polar surface area (TPSA) is 77.8 Å². The predicted molar refractivity (Wildman–Crippen MR) is 59.1 cm³/mol. The third-order valence-electron chi connectivity index (χ3n) is 2.84. The summed E-state index contributed by atoms with van der Waals surface area (Å²) in [6.07, 6.45) is 0.337. The van der Waals surface area contributed by atoms with Crippen molar-refractivity contribution in [2.75, 3.05) is 0 Å². The highest BCUT2D eigenvalue weighted by Gasteiger charge is 2.37. The van der Waals surface area contributed by atoms with E-state index in [1.54, 1.807) is 6.92 Å². The second-order valence-corrected chi connectivity index (χ2v) is 3.99. The van der Waals surface area contributed by atoms with Crippen LogP contribution in [0.25, 0.3) is 0 Å². The van der Waals surface area contributed by atoms with Gasteiger partial charge in [0.2, 0.25) is 0 Å². The third-order valence-corrected chi connectivity index (χ3v) is 2.84. The smallest absolute Gasteiger partial charge is 0.309 e. The molecule has 4 heteroatoms. The SMILES string of the molecule is CCC(C(=O)O)C(C)(O)c1ccc(O)cc1. The average Bonchev–Trinajstić information content (AvgIpc) is 2.18. The molecule has 16 heavy (non-hydrogen) atoms. The van der Waals surface area contributed by atoms with Crippen LogP contribution >= 0.6 is 0 Å². The molecule has 0 aromatic heterocycles. The zero-order valence-electron chi connectivity index (χ0n) is 9.34. The summed E-state index contributed by atoms with van der Waals surface area (Å²) in [5, 5.41) is 28.4. The summed E-state index contributed by atoms with van der Waals surface area (Å²) in [5.41, 5.74) is -0.951. The van der Waals surface area contributed by atoms with Gasteiger partial charge in [-0.05, 0) is 31.0 Å². The van der Waals surface area contributed by atoms with Gasteiger partial charge >= 0.3 is 5.97 Å². The summed E-state index contributed by atoms with van der Waals surface area (Å²) >= 11 is 0. The minimum Gasteiger partial charge on any atom is -0.508 e. The highest BCUT2D eigenvalue weighted by atomic mass is 16.4. The monoisotopic (exact) mass is 224 g/mol. The van der Waals surface area contributed by atoms with Crippen molar-refractivity contribution in [1.29, 1.82) is 0 Å². The lowest BCUT2D eigenvalue weighted by atomic mass is 9.81. The number of carboxylic acids is 1. The summed E-state index contributed by atoms with van der Waals surface area (Å²) in [6, 6.07) is 5.92. The van der Waals surface area contributed by atoms with Crippen LogP contribution in [0.15, 0.2) is 24.3 Å². The van der Waals surface area contributed by atoms with Crippen molar-refractivity contribution in [2.45, 2.75) is 25.9 Å². The number of rotatable bonds is 4. The van der Waals surface area contributed by atoms with E-state index in [4.69, 9.17) is 10.2 Å². The first kappa shape index (κ1) is 12.5. The number of phenolic OH excluding ortho intramolecular Hbond substituents is 1. The number of aliphatic hydroxyl groups is 1. The van der Waals surface area contributed by atoms with Crippen molar-refractivity contribution < 1.29 is 20.1 Å². The maximum Gasteiger partial charge on any atom is 0.309 e. The van der Waals surface area contributed by atoms with Gasteiger partial charge in [0.15, 0.2) is 0 Å². The summed E-state index contributed by atoms with van der Waals surface area (Å²) < 4.78 is 0. The molecule has 3 N–H and O–H groups in total. The van der Waals surface area contributed by atoms with Crippen molar-refractivity contribution in [3.63, 3.8) is 0 Å². The van der Waals surface area contributed by atoms with Crippen molar-refractivity contribution >= 4 is 5.97 Å². The molecule has 1 aromatic rings. The van der Waals surface area contributed by atoms with Crippen LogP contribution in [0.5, 0.6) is 5.75 Å². The molecule has 0 radical (unpaired) electrons. The molecule has 0 saturated heterocycles. The molecule has 2 atom stereocenters. The number of carboxylic acid groups (broad SMARTS) is 1. The Balaban J connectivity index is 3.08. The molecule has 88 valence electrons. The fraction of sp³-hybridized carbons (Fsp3) is 0.417. The quantitative estimate of drug-likeness (QED) is 0.727. The van der Waals surface area contributed by atoms with Crippen molar-refractivity contribution in [1.82, 2.24) is 0 Å². The van der Waals surface area contributed by atoms with E-state index in [0.29, 0.717) is 12.0 Å². The van der Waals surface area contributed by atoms with E-state index in [2.05, 4.69) is 0 Å². The average molecular weight is 224 g/mol. The van der Waals surface area contributed by atoms with Gasteiger partial charge in [-0.25, -0.2) is 0 Å². The molecular weight excluding hydrogens is 208 g/mol. The van der Waals surface area contributed by atoms with Crippen LogP contribution in [0.3, 0.4) is 0 Å². The van der Waals surface area contributed by atoms with Gasteiger partial charge in [-0.2, -0.15) is 0 Å². The zero-order valence-corrected chi connectivity index (χ0v) is 9.34. The van der Waals surface area contributed by atoms with Crippen LogP contribution in [0.1, 0.15) is 25.8 Å². The van der Waals surface area contributed by atoms with Gasteiger partial charge < -0.3 is 15.3 Å². The molecule has 0 amide bonds. The highest BCUT2D eigenvalue weighted by Crippen LogP contribution is 2.32. The second kappa shape index (κ2) is 4.53. The minimum absolute atomic E-state index is 0.0860. The number of benzene rings is 1. The van der Waals surface area contributed by atoms with E-state index in [9.17, 15) is 9.90 Å². The number of hydrogen-bond acceptors (Lipinski definition) is 3. The molecule has 0 spiro atoms. The molecule has 0 aliphatic carbocycles. The Labute approximate surface area is 94.2 Å². The Morgan fingerprint density at radius 3 is 2.25 bits per heavy atom. The first-order valence-corrected chi connectivity index (χ1v) is 5.14. The summed E-state index contributed by atoms with van der Waals surface area (Å²) in [4.78, 5) is 11.0. The molecule has 0 fully saturated rings. The van der Waals surface area contributed by atoms with Crippen LogP contribution in [-0.4, -0.2) is 21.3 Å². The van der Waals surface area contributed by atoms with E-state index in [1.807, 2.05) is 0 Å². The number of aromatic hydroxyl groups is 1. The van der Waals surface area contributed by atoms with Crippen molar-refractivity contribution in [3.8, 4) is 5.75 Å². The molecule has 0 heterocycles. The molecule has 1 rings (SSSR count). The van der Waals surface area contributed by atoms with Crippen LogP contribution in [0.2, 0.25) is 0 Å². The Morgan fingerprint density at radius 2 is 1.88 bits per heavy atom. The molecule has 0 bridgehead atoms. The lowest BCUT2D eigenvalue weighted by Gasteiger charge is -2.29. The molecule has 0 aliphatic rings. The van der Waals surface area contributed by atoms with E-state index >= 15 is 0 Å². The summed E-state index contributed by atoms with van der Waals surface area (Å²) in [5.74, 6) is -1.81. The van der Waals surface area contributed by atoms with E-state index in [1.165, 1.54) is 31.2 Å². The van der Waals surface area contributed by atoms with Crippen molar-refractivity contribution in [3.05, 3.63) is 29.8 Å². The fourth-order valence-corrected chi connectivity index (χ4v) is 1.81. The minimum atomic E-state index is -1.44. The van der Waals surface area contributed by atoms with Crippen LogP contribution < -0.4 is 0 Å². The summed E-state index contributed by atoms with van der Waals surface area (Å²) in [7, 11) is 0. The van der Waals surface area contributed by atoms with E-state index in [0.717, 1.165) is 0 Å². The Bertz CT molecular complexity index is 367. The largest absolute Gasteiger partial charge is 0.508 e. The van der Waals surface area contributed by atoms with Gasteiger partial charge in [0.25, 0.3) is 0 Å². The summed E-state index contributed by atoms with van der Waals surface area (Å²) in [6.45, 7) is 3.19. The molecule has 0 aliphatic heterocycles. The number of phenols is 1. The van der Waals surface area contributed by atoms with E-state index < -0.39 is 17.5 Å². The molecular formula is C12H16O4. The predicted octanol–water partition coefficient (Wildman–Crippen LogP) is 1.71. The number of hydrogen-bond donors (Lipinski definition) is 3. The lowest BCUT2D eigenvalue weighted by Crippen LogP contribution is -2.36. The molecule has 0 saturated carbocycles. The molecule has 4 nitrogen and oxygen atoms in total. The third kappa shape index (κ3) is 2.33. The van der Waals surface area contributed by atoms with Crippen LogP contribution in [0.4, 0.5) is 0 Å². The van der Waals surface area contributed by atoms with Gasteiger partial charge in [-0.1, -0.05) is 19.1 Å². The van der Waals surface area contributed by atoms with Gasteiger partial charge in [0.1, 0.15) is 11.4 Å². The Hall–Kier alpha value is -1.55. The first-order valence-electron chi connectivity index (χ1n) is 5.14. The normalized spacial score (nSPS) is 16.4. The maximum absolute atomic E-state index is 11.0. The zero-order chi connectivity index (χ0) is 12.3. The van der Waals surface area contributed by atoms with Gasteiger partial charge in [-0.15, -0.1) is 0 Å². The van der Waals surface area contributed by atoms with E-state index in [-0.39, 0.29) is 5.75 Å². The van der Waals surface area contributed by atoms with Crippen LogP contribution in [0, 0.1) is 5.92 Å². The molecule has 1 aromatic carbocycles. The van der Waals surface area contributed by atoms with Crippen molar-refractivity contribution in [2.24, 2.45) is 5.92 Å². The lowest BCUT2D eigenvalue weighted by molar-refractivity contribution is -0.152. The Kier molecular flexibility index (Phi) is 3.55. The Morgan fingerprint density at radius 1 is 1.38 bits per heavy atom. The number of carbonyl (C=O) groups is 1. The van der Waals surface area contributed by atoms with Crippen LogP contribution in [-0.2, 0) is 10.4 Å². The van der Waals surface area contributed by atoms with Gasteiger partial charge in [0, 0.05) is 0 Å². The molecule has 2 unspecified atom stereocenters. The number of aliphatic carboxylic acids is 1. The standard InChI is InChI=1S/C12H16O4/c1-3-10(11(14)15)12(2,16)8-4-6-9(13)7-5-8/h4-7,10,13,16H,3H2,1-2H3,(H,14,15). The maximum atomic E-state index is 11.0. The second-order valence-electron chi connectivity index (χ2n) is 3.99. The fourth-order valence-electron chi connectivity index (χ4n) is 1.81. The van der Waals surface area contributed by atoms with Gasteiger partial charge in [-0.3, -0.25) is 4.79 Å². The highest BCUT2D eigenvalue weighted by molar-refractivity contribution is 5.71.